The Morgan fingerprint density at radius 1 is 1.57 bits per heavy atom. The number of hydrogen-bond acceptors (Lipinski definition) is 4. The molecular formula is C10H18N2S2. The van der Waals surface area contributed by atoms with E-state index in [1.807, 2.05) is 11.8 Å². The van der Waals surface area contributed by atoms with Crippen LogP contribution >= 0.6 is 23.1 Å². The predicted molar refractivity (Wildman–Crippen MR) is 65.9 cm³/mol. The lowest BCUT2D eigenvalue weighted by Crippen LogP contribution is -2.21. The zero-order valence-electron chi connectivity index (χ0n) is 8.82. The van der Waals surface area contributed by atoms with Crippen molar-refractivity contribution in [2.24, 2.45) is 5.73 Å². The predicted octanol–water partition coefficient (Wildman–Crippen LogP) is 2.68. The van der Waals surface area contributed by atoms with E-state index in [-0.39, 0.29) is 6.04 Å². The normalized spacial score (nSPS) is 13.1. The van der Waals surface area contributed by atoms with Gasteiger partial charge in [0.2, 0.25) is 0 Å². The monoisotopic (exact) mass is 230 g/mol. The van der Waals surface area contributed by atoms with Crippen LogP contribution in [0.15, 0.2) is 5.38 Å². The summed E-state index contributed by atoms with van der Waals surface area (Å²) in [7, 11) is 0. The third kappa shape index (κ3) is 3.98. The number of thioether (sulfide) groups is 1. The Morgan fingerprint density at radius 2 is 2.36 bits per heavy atom. The van der Waals surface area contributed by atoms with Crippen LogP contribution in [0.1, 0.15) is 31.0 Å². The van der Waals surface area contributed by atoms with Crippen molar-refractivity contribution in [1.29, 1.82) is 0 Å². The van der Waals surface area contributed by atoms with Crippen molar-refractivity contribution in [1.82, 2.24) is 4.98 Å². The number of rotatable bonds is 6. The van der Waals surface area contributed by atoms with Gasteiger partial charge in [0.25, 0.3) is 0 Å². The number of thiazole rings is 1. The molecule has 2 N–H and O–H groups in total. The summed E-state index contributed by atoms with van der Waals surface area (Å²) in [6.07, 6.45) is 1.94. The van der Waals surface area contributed by atoms with Crippen LogP contribution in [-0.4, -0.2) is 16.8 Å². The van der Waals surface area contributed by atoms with Gasteiger partial charge in [-0.15, -0.1) is 11.3 Å². The van der Waals surface area contributed by atoms with E-state index in [2.05, 4.69) is 24.2 Å². The Balaban J connectivity index is 2.42. The summed E-state index contributed by atoms with van der Waals surface area (Å²) in [5, 5.41) is 3.37. The molecule has 0 spiro atoms. The van der Waals surface area contributed by atoms with Crippen molar-refractivity contribution in [3.63, 3.8) is 0 Å². The van der Waals surface area contributed by atoms with Gasteiger partial charge in [-0.2, -0.15) is 11.8 Å². The summed E-state index contributed by atoms with van der Waals surface area (Å²) < 4.78 is 0. The van der Waals surface area contributed by atoms with Crippen LogP contribution < -0.4 is 5.73 Å². The van der Waals surface area contributed by atoms with E-state index in [1.54, 1.807) is 11.3 Å². The minimum Gasteiger partial charge on any atom is -0.327 e. The summed E-state index contributed by atoms with van der Waals surface area (Å²) in [5.74, 6) is 2.20. The number of hydrogen-bond donors (Lipinski definition) is 1. The standard InChI is InChI=1S/C10H18N2S2/c1-3-8(11)5-9-6-14-10(12-9)7-13-4-2/h6,8H,3-5,7,11H2,1-2H3. The summed E-state index contributed by atoms with van der Waals surface area (Å²) in [6.45, 7) is 4.29. The van der Waals surface area contributed by atoms with Crippen LogP contribution in [0.3, 0.4) is 0 Å². The molecular weight excluding hydrogens is 212 g/mol. The Labute approximate surface area is 94.3 Å². The van der Waals surface area contributed by atoms with E-state index in [4.69, 9.17) is 5.73 Å². The first-order chi connectivity index (χ1) is 6.76. The summed E-state index contributed by atoms with van der Waals surface area (Å²) in [5.41, 5.74) is 7.04. The largest absolute Gasteiger partial charge is 0.327 e. The van der Waals surface area contributed by atoms with E-state index in [0.717, 1.165) is 30.0 Å². The minimum atomic E-state index is 0.267. The molecule has 0 radical (unpaired) electrons. The lowest BCUT2D eigenvalue weighted by atomic mass is 10.1. The SMILES string of the molecule is CCSCc1nc(CC(N)CC)cs1. The third-order valence-corrected chi connectivity index (χ3v) is 3.99. The lowest BCUT2D eigenvalue weighted by molar-refractivity contribution is 0.638. The molecule has 0 fully saturated rings. The Kier molecular flexibility index (Phi) is 5.52. The molecule has 0 aliphatic heterocycles. The molecule has 0 aromatic carbocycles. The van der Waals surface area contributed by atoms with Crippen molar-refractivity contribution >= 4 is 23.1 Å². The zero-order valence-corrected chi connectivity index (χ0v) is 10.5. The van der Waals surface area contributed by atoms with Crippen molar-refractivity contribution in [3.05, 3.63) is 16.1 Å². The molecule has 1 aromatic heterocycles. The molecule has 14 heavy (non-hydrogen) atoms. The topological polar surface area (TPSA) is 38.9 Å². The molecule has 0 aliphatic rings. The van der Waals surface area contributed by atoms with Crippen molar-refractivity contribution in [2.45, 2.75) is 38.5 Å². The van der Waals surface area contributed by atoms with Crippen LogP contribution in [0.4, 0.5) is 0 Å². The second kappa shape index (κ2) is 6.43. The van der Waals surface area contributed by atoms with Gasteiger partial charge in [-0.3, -0.25) is 0 Å². The van der Waals surface area contributed by atoms with Crippen LogP contribution in [0.25, 0.3) is 0 Å². The molecule has 1 atom stereocenters. The molecule has 1 heterocycles. The molecule has 2 nitrogen and oxygen atoms in total. The Hall–Kier alpha value is -0.0600. The third-order valence-electron chi connectivity index (χ3n) is 2.02. The Morgan fingerprint density at radius 3 is 3.00 bits per heavy atom. The first kappa shape index (κ1) is 12.0. The van der Waals surface area contributed by atoms with Gasteiger partial charge >= 0.3 is 0 Å². The highest BCUT2D eigenvalue weighted by Crippen LogP contribution is 2.17. The minimum absolute atomic E-state index is 0.267. The average Bonchev–Trinajstić information content (AvgIpc) is 2.62. The van der Waals surface area contributed by atoms with Crippen LogP contribution in [0.2, 0.25) is 0 Å². The van der Waals surface area contributed by atoms with E-state index in [1.165, 1.54) is 5.01 Å². The molecule has 0 bridgehead atoms. The first-order valence-electron chi connectivity index (χ1n) is 5.02. The van der Waals surface area contributed by atoms with Crippen LogP contribution in [0.5, 0.6) is 0 Å². The highest BCUT2D eigenvalue weighted by atomic mass is 32.2. The maximum atomic E-state index is 5.87. The van der Waals surface area contributed by atoms with Crippen molar-refractivity contribution in [2.75, 3.05) is 5.75 Å². The summed E-state index contributed by atoms with van der Waals surface area (Å²) >= 11 is 3.67. The molecule has 0 aliphatic carbocycles. The Bertz CT molecular complexity index is 260. The van der Waals surface area contributed by atoms with Gasteiger partial charge in [0, 0.05) is 23.6 Å². The van der Waals surface area contributed by atoms with Crippen molar-refractivity contribution in [3.8, 4) is 0 Å². The van der Waals surface area contributed by atoms with Gasteiger partial charge in [-0.05, 0) is 12.2 Å². The van der Waals surface area contributed by atoms with Crippen LogP contribution in [0, 0.1) is 0 Å². The summed E-state index contributed by atoms with van der Waals surface area (Å²) in [6, 6.07) is 0.267. The first-order valence-corrected chi connectivity index (χ1v) is 7.06. The molecule has 80 valence electrons. The van der Waals surface area contributed by atoms with Gasteiger partial charge in [-0.1, -0.05) is 13.8 Å². The quantitative estimate of drug-likeness (QED) is 0.816. The molecule has 4 heteroatoms. The van der Waals surface area contributed by atoms with E-state index < -0.39 is 0 Å². The van der Waals surface area contributed by atoms with E-state index in [9.17, 15) is 0 Å². The fourth-order valence-electron chi connectivity index (χ4n) is 1.11. The molecule has 1 unspecified atom stereocenters. The molecule has 0 saturated carbocycles. The smallest absolute Gasteiger partial charge is 0.103 e. The maximum Gasteiger partial charge on any atom is 0.103 e. The van der Waals surface area contributed by atoms with Crippen LogP contribution in [-0.2, 0) is 12.2 Å². The highest BCUT2D eigenvalue weighted by molar-refractivity contribution is 7.98. The number of nitrogens with two attached hydrogens (primary N) is 1. The fraction of sp³-hybridized carbons (Fsp3) is 0.700. The van der Waals surface area contributed by atoms with Gasteiger partial charge in [0.1, 0.15) is 5.01 Å². The van der Waals surface area contributed by atoms with E-state index in [0.29, 0.717) is 0 Å². The number of nitrogens with zero attached hydrogens (tertiary/aromatic N) is 1. The zero-order chi connectivity index (χ0) is 10.4. The maximum absolute atomic E-state index is 5.87. The fourth-order valence-corrected chi connectivity index (χ4v) is 2.67. The van der Waals surface area contributed by atoms with Crippen molar-refractivity contribution < 1.29 is 0 Å². The molecule has 0 saturated heterocycles. The van der Waals surface area contributed by atoms with E-state index >= 15 is 0 Å². The van der Waals surface area contributed by atoms with Gasteiger partial charge in [0.15, 0.2) is 0 Å². The number of aromatic nitrogens is 1. The second-order valence-corrected chi connectivity index (χ2v) is 5.46. The highest BCUT2D eigenvalue weighted by Gasteiger charge is 2.05. The van der Waals surface area contributed by atoms with Gasteiger partial charge in [-0.25, -0.2) is 4.98 Å². The molecule has 0 amide bonds. The van der Waals surface area contributed by atoms with Gasteiger partial charge < -0.3 is 5.73 Å². The summed E-state index contributed by atoms with van der Waals surface area (Å²) in [4.78, 5) is 4.55. The molecule has 1 aromatic rings. The van der Waals surface area contributed by atoms with Gasteiger partial charge in [0.05, 0.1) is 5.69 Å². The second-order valence-electron chi connectivity index (χ2n) is 3.24. The molecule has 1 rings (SSSR count). The lowest BCUT2D eigenvalue weighted by Gasteiger charge is -2.04. The average molecular weight is 230 g/mol.